The highest BCUT2D eigenvalue weighted by Gasteiger charge is 2.20. The van der Waals surface area contributed by atoms with Crippen molar-refractivity contribution in [3.05, 3.63) is 69.0 Å². The number of nitrogens with one attached hydrogen (secondary N) is 2. The standard InChI is InChI=1S/C23H25Cl2N5O2S/c1-5-30-21(15(4)26-22(32)16-8-9-17(24)18(25)11-16)28-29-23(30)33-12-20(31)27-19-10-13(2)6-7-14(19)3/h6-11,15H,5,12H2,1-4H3,(H,26,32)(H,27,31)/t15-/m0/s1. The van der Waals surface area contributed by atoms with Crippen molar-refractivity contribution in [1.82, 2.24) is 20.1 Å². The largest absolute Gasteiger partial charge is 0.342 e. The molecule has 0 aliphatic carbocycles. The third kappa shape index (κ3) is 6.28. The Balaban J connectivity index is 1.65. The van der Waals surface area contributed by atoms with Crippen molar-refractivity contribution in [3.8, 4) is 0 Å². The number of carbonyl (C=O) groups excluding carboxylic acids is 2. The van der Waals surface area contributed by atoms with Gasteiger partial charge in [0.05, 0.1) is 21.8 Å². The van der Waals surface area contributed by atoms with Crippen molar-refractivity contribution < 1.29 is 9.59 Å². The van der Waals surface area contributed by atoms with Crippen LogP contribution in [-0.2, 0) is 11.3 Å². The lowest BCUT2D eigenvalue weighted by Crippen LogP contribution is -2.28. The van der Waals surface area contributed by atoms with E-state index in [1.54, 1.807) is 12.1 Å². The van der Waals surface area contributed by atoms with E-state index < -0.39 is 6.04 Å². The van der Waals surface area contributed by atoms with Crippen molar-refractivity contribution in [2.45, 2.75) is 45.4 Å². The quantitative estimate of drug-likeness (QED) is 0.397. The van der Waals surface area contributed by atoms with E-state index in [4.69, 9.17) is 23.2 Å². The minimum absolute atomic E-state index is 0.123. The van der Waals surface area contributed by atoms with Crippen molar-refractivity contribution in [1.29, 1.82) is 0 Å². The van der Waals surface area contributed by atoms with Gasteiger partial charge < -0.3 is 15.2 Å². The SMILES string of the molecule is CCn1c(SCC(=O)Nc2cc(C)ccc2C)nnc1[C@H](C)NC(=O)c1ccc(Cl)c(Cl)c1. The molecule has 1 aromatic heterocycles. The number of thioether (sulfide) groups is 1. The molecule has 2 N–H and O–H groups in total. The zero-order valence-electron chi connectivity index (χ0n) is 18.8. The average molecular weight is 506 g/mol. The van der Waals surface area contributed by atoms with E-state index in [0.717, 1.165) is 16.8 Å². The van der Waals surface area contributed by atoms with E-state index in [0.29, 0.717) is 33.1 Å². The van der Waals surface area contributed by atoms with Crippen LogP contribution in [0.2, 0.25) is 10.0 Å². The van der Waals surface area contributed by atoms with Crippen LogP contribution < -0.4 is 10.6 Å². The zero-order valence-corrected chi connectivity index (χ0v) is 21.1. The number of aromatic nitrogens is 3. The van der Waals surface area contributed by atoms with Crippen LogP contribution >= 0.6 is 35.0 Å². The van der Waals surface area contributed by atoms with Crippen molar-refractivity contribution in [2.24, 2.45) is 0 Å². The maximum absolute atomic E-state index is 12.6. The molecule has 174 valence electrons. The molecule has 1 heterocycles. The fourth-order valence-corrected chi connectivity index (χ4v) is 4.30. The third-order valence-corrected chi connectivity index (χ3v) is 6.68. The monoisotopic (exact) mass is 505 g/mol. The Morgan fingerprint density at radius 2 is 1.85 bits per heavy atom. The molecular formula is C23H25Cl2N5O2S. The van der Waals surface area contributed by atoms with E-state index in [9.17, 15) is 9.59 Å². The van der Waals surface area contributed by atoms with Gasteiger partial charge in [-0.3, -0.25) is 9.59 Å². The predicted octanol–water partition coefficient (Wildman–Crippen LogP) is 5.44. The van der Waals surface area contributed by atoms with Gasteiger partial charge in [0.25, 0.3) is 5.91 Å². The molecule has 0 saturated heterocycles. The first-order chi connectivity index (χ1) is 15.7. The first-order valence-corrected chi connectivity index (χ1v) is 12.1. The number of amides is 2. The molecule has 0 unspecified atom stereocenters. The molecule has 0 saturated carbocycles. The summed E-state index contributed by atoms with van der Waals surface area (Å²) >= 11 is 13.2. The molecule has 10 heteroatoms. The number of benzene rings is 2. The number of nitrogens with zero attached hydrogens (tertiary/aromatic N) is 3. The van der Waals surface area contributed by atoms with E-state index in [1.807, 2.05) is 50.5 Å². The molecule has 3 aromatic rings. The molecule has 3 rings (SSSR count). The van der Waals surface area contributed by atoms with Crippen LogP contribution in [0.25, 0.3) is 0 Å². The number of rotatable bonds is 8. The van der Waals surface area contributed by atoms with Crippen LogP contribution in [-0.4, -0.2) is 32.3 Å². The molecule has 0 spiro atoms. The Labute approximate surface area is 207 Å². The molecule has 0 bridgehead atoms. The summed E-state index contributed by atoms with van der Waals surface area (Å²) < 4.78 is 1.88. The van der Waals surface area contributed by atoms with Gasteiger partial charge >= 0.3 is 0 Å². The summed E-state index contributed by atoms with van der Waals surface area (Å²) in [5.41, 5.74) is 3.29. The molecule has 2 amide bonds. The van der Waals surface area contributed by atoms with E-state index in [-0.39, 0.29) is 17.6 Å². The Morgan fingerprint density at radius 3 is 2.55 bits per heavy atom. The maximum atomic E-state index is 12.6. The lowest BCUT2D eigenvalue weighted by molar-refractivity contribution is -0.113. The fourth-order valence-electron chi connectivity index (χ4n) is 3.19. The second-order valence-electron chi connectivity index (χ2n) is 7.56. The summed E-state index contributed by atoms with van der Waals surface area (Å²) in [4.78, 5) is 25.1. The number of hydrogen-bond donors (Lipinski definition) is 2. The van der Waals surface area contributed by atoms with E-state index in [1.165, 1.54) is 17.8 Å². The first-order valence-electron chi connectivity index (χ1n) is 10.4. The van der Waals surface area contributed by atoms with Gasteiger partial charge in [0.2, 0.25) is 5.91 Å². The van der Waals surface area contributed by atoms with Gasteiger partial charge in [-0.15, -0.1) is 10.2 Å². The molecule has 2 aromatic carbocycles. The van der Waals surface area contributed by atoms with Gasteiger partial charge in [0.15, 0.2) is 11.0 Å². The van der Waals surface area contributed by atoms with Crippen molar-refractivity contribution >= 4 is 52.5 Å². The molecule has 1 atom stereocenters. The maximum Gasteiger partial charge on any atom is 0.251 e. The topological polar surface area (TPSA) is 88.9 Å². The molecule has 0 radical (unpaired) electrons. The molecule has 0 aliphatic heterocycles. The number of hydrogen-bond acceptors (Lipinski definition) is 5. The second kappa shape index (κ2) is 11.0. The van der Waals surface area contributed by atoms with Crippen molar-refractivity contribution in [3.63, 3.8) is 0 Å². The van der Waals surface area contributed by atoms with Gasteiger partial charge in [0.1, 0.15) is 0 Å². The van der Waals surface area contributed by atoms with Gasteiger partial charge in [-0.25, -0.2) is 0 Å². The minimum Gasteiger partial charge on any atom is -0.342 e. The highest BCUT2D eigenvalue weighted by molar-refractivity contribution is 7.99. The lowest BCUT2D eigenvalue weighted by Gasteiger charge is -2.15. The summed E-state index contributed by atoms with van der Waals surface area (Å²) in [7, 11) is 0. The van der Waals surface area contributed by atoms with Gasteiger partial charge in [-0.05, 0) is 63.1 Å². The number of carbonyl (C=O) groups is 2. The zero-order chi connectivity index (χ0) is 24.1. The van der Waals surface area contributed by atoms with Crippen LogP contribution in [0, 0.1) is 13.8 Å². The van der Waals surface area contributed by atoms with Crippen LogP contribution in [0.4, 0.5) is 5.69 Å². The third-order valence-electron chi connectivity index (χ3n) is 4.98. The Bertz CT molecular complexity index is 1180. The van der Waals surface area contributed by atoms with Crippen molar-refractivity contribution in [2.75, 3.05) is 11.1 Å². The van der Waals surface area contributed by atoms with E-state index >= 15 is 0 Å². The minimum atomic E-state index is -0.405. The summed E-state index contributed by atoms with van der Waals surface area (Å²) in [6, 6.07) is 10.2. The van der Waals surface area contributed by atoms with Gasteiger partial charge in [0, 0.05) is 17.8 Å². The van der Waals surface area contributed by atoms with Crippen LogP contribution in [0.3, 0.4) is 0 Å². The lowest BCUT2D eigenvalue weighted by atomic mass is 10.1. The molecule has 0 aliphatic rings. The highest BCUT2D eigenvalue weighted by atomic mass is 35.5. The van der Waals surface area contributed by atoms with Crippen LogP contribution in [0.5, 0.6) is 0 Å². The number of aryl methyl sites for hydroxylation is 2. The predicted molar refractivity (Wildman–Crippen MR) is 133 cm³/mol. The fraction of sp³-hybridized carbons (Fsp3) is 0.304. The molecule has 0 fully saturated rings. The highest BCUT2D eigenvalue weighted by Crippen LogP contribution is 2.24. The Hall–Kier alpha value is -2.55. The van der Waals surface area contributed by atoms with Gasteiger partial charge in [-0.1, -0.05) is 47.1 Å². The molecule has 7 nitrogen and oxygen atoms in total. The molecular weight excluding hydrogens is 481 g/mol. The smallest absolute Gasteiger partial charge is 0.251 e. The summed E-state index contributed by atoms with van der Waals surface area (Å²) in [6.07, 6.45) is 0. The molecule has 33 heavy (non-hydrogen) atoms. The second-order valence-corrected chi connectivity index (χ2v) is 9.32. The van der Waals surface area contributed by atoms with E-state index in [2.05, 4.69) is 20.8 Å². The summed E-state index contributed by atoms with van der Waals surface area (Å²) in [6.45, 7) is 8.32. The summed E-state index contributed by atoms with van der Waals surface area (Å²) in [5, 5.41) is 15.6. The average Bonchev–Trinajstić information content (AvgIpc) is 3.19. The van der Waals surface area contributed by atoms with Crippen LogP contribution in [0.1, 0.15) is 47.2 Å². The van der Waals surface area contributed by atoms with Gasteiger partial charge in [-0.2, -0.15) is 0 Å². The Kier molecular flexibility index (Phi) is 8.40. The van der Waals surface area contributed by atoms with Crippen LogP contribution in [0.15, 0.2) is 41.6 Å². The number of halogens is 2. The Morgan fingerprint density at radius 1 is 1.09 bits per heavy atom. The first kappa shape index (κ1) is 25.1. The number of anilines is 1. The summed E-state index contributed by atoms with van der Waals surface area (Å²) in [5.74, 6) is 0.370. The normalized spacial score (nSPS) is 11.8.